The molecule has 0 saturated carbocycles. The van der Waals surface area contributed by atoms with Crippen LogP contribution in [0.5, 0.6) is 0 Å². The van der Waals surface area contributed by atoms with Crippen molar-refractivity contribution in [2.45, 2.75) is 32.6 Å². The topological polar surface area (TPSA) is 42.1 Å². The van der Waals surface area contributed by atoms with E-state index in [0.717, 1.165) is 35.6 Å². The highest BCUT2D eigenvalue weighted by atomic mass is 15.1. The van der Waals surface area contributed by atoms with E-state index < -0.39 is 0 Å². The van der Waals surface area contributed by atoms with Gasteiger partial charge in [-0.2, -0.15) is 0 Å². The summed E-state index contributed by atoms with van der Waals surface area (Å²) >= 11 is 0. The first kappa shape index (κ1) is 13.2. The second-order valence-corrected chi connectivity index (χ2v) is 5.77. The summed E-state index contributed by atoms with van der Waals surface area (Å²) in [5.41, 5.74) is 9.17. The Kier molecular flexibility index (Phi) is 3.77. The standard InChI is InChI=1S/C17H23N3/c1-2-13-5-4-11-20(12-9-13)16-8-7-15(18)14-6-3-10-19-17(14)16/h3,6-8,10,13H,2,4-5,9,11-12,18H2,1H3. The fourth-order valence-corrected chi connectivity index (χ4v) is 3.25. The number of anilines is 2. The zero-order valence-corrected chi connectivity index (χ0v) is 12.2. The van der Waals surface area contributed by atoms with Gasteiger partial charge in [0.05, 0.1) is 11.2 Å². The van der Waals surface area contributed by atoms with Crippen LogP contribution in [0.4, 0.5) is 11.4 Å². The van der Waals surface area contributed by atoms with Gasteiger partial charge in [0.2, 0.25) is 0 Å². The number of rotatable bonds is 2. The van der Waals surface area contributed by atoms with Crippen molar-refractivity contribution in [2.75, 3.05) is 23.7 Å². The van der Waals surface area contributed by atoms with Crippen molar-refractivity contribution >= 4 is 22.3 Å². The van der Waals surface area contributed by atoms with Gasteiger partial charge in [-0.25, -0.2) is 0 Å². The molecule has 1 aliphatic rings. The molecule has 0 aliphatic carbocycles. The molecule has 2 heterocycles. The Bertz CT molecular complexity index is 594. The van der Waals surface area contributed by atoms with E-state index in [-0.39, 0.29) is 0 Å². The molecule has 1 aromatic heterocycles. The summed E-state index contributed by atoms with van der Waals surface area (Å²) < 4.78 is 0. The number of pyridine rings is 1. The maximum absolute atomic E-state index is 6.07. The molecule has 106 valence electrons. The van der Waals surface area contributed by atoms with Crippen molar-refractivity contribution in [2.24, 2.45) is 5.92 Å². The van der Waals surface area contributed by atoms with E-state index in [1.165, 1.54) is 31.4 Å². The summed E-state index contributed by atoms with van der Waals surface area (Å²) in [7, 11) is 0. The second-order valence-electron chi connectivity index (χ2n) is 5.77. The fourth-order valence-electron chi connectivity index (χ4n) is 3.25. The highest BCUT2D eigenvalue weighted by Gasteiger charge is 2.18. The number of nitrogens with zero attached hydrogens (tertiary/aromatic N) is 2. The van der Waals surface area contributed by atoms with E-state index in [4.69, 9.17) is 5.73 Å². The number of nitrogen functional groups attached to an aromatic ring is 1. The van der Waals surface area contributed by atoms with Crippen LogP contribution in [0, 0.1) is 5.92 Å². The zero-order chi connectivity index (χ0) is 13.9. The van der Waals surface area contributed by atoms with Crippen LogP contribution in [0.1, 0.15) is 32.6 Å². The highest BCUT2D eigenvalue weighted by Crippen LogP contribution is 2.31. The summed E-state index contributed by atoms with van der Waals surface area (Å²) in [6.45, 7) is 4.57. The van der Waals surface area contributed by atoms with Crippen molar-refractivity contribution in [1.82, 2.24) is 4.98 Å². The first-order chi connectivity index (χ1) is 9.79. The van der Waals surface area contributed by atoms with Crippen LogP contribution in [0.3, 0.4) is 0 Å². The molecular weight excluding hydrogens is 246 g/mol. The van der Waals surface area contributed by atoms with Crippen molar-refractivity contribution in [3.63, 3.8) is 0 Å². The van der Waals surface area contributed by atoms with Crippen LogP contribution in [-0.4, -0.2) is 18.1 Å². The molecule has 1 saturated heterocycles. The summed E-state index contributed by atoms with van der Waals surface area (Å²) in [5.74, 6) is 0.882. The third-order valence-corrected chi connectivity index (χ3v) is 4.55. The number of hydrogen-bond acceptors (Lipinski definition) is 3. The molecule has 3 nitrogen and oxygen atoms in total. The molecule has 0 spiro atoms. The number of benzene rings is 1. The molecule has 2 aromatic rings. The first-order valence-corrected chi connectivity index (χ1v) is 7.67. The molecule has 20 heavy (non-hydrogen) atoms. The zero-order valence-electron chi connectivity index (χ0n) is 12.2. The lowest BCUT2D eigenvalue weighted by Gasteiger charge is -2.24. The molecule has 1 aliphatic heterocycles. The van der Waals surface area contributed by atoms with Crippen LogP contribution in [0.25, 0.3) is 10.9 Å². The van der Waals surface area contributed by atoms with Gasteiger partial charge in [-0.1, -0.05) is 13.3 Å². The van der Waals surface area contributed by atoms with E-state index in [2.05, 4.69) is 28.9 Å². The molecule has 3 heteroatoms. The molecule has 0 bridgehead atoms. The molecule has 1 unspecified atom stereocenters. The van der Waals surface area contributed by atoms with Crippen molar-refractivity contribution in [3.05, 3.63) is 30.5 Å². The maximum atomic E-state index is 6.07. The number of nitrogens with two attached hydrogens (primary N) is 1. The minimum atomic E-state index is 0.818. The monoisotopic (exact) mass is 269 g/mol. The highest BCUT2D eigenvalue weighted by molar-refractivity contribution is 5.98. The van der Waals surface area contributed by atoms with Gasteiger partial charge in [-0.05, 0) is 49.4 Å². The number of hydrogen-bond donors (Lipinski definition) is 1. The summed E-state index contributed by atoms with van der Waals surface area (Å²) in [4.78, 5) is 7.06. The van der Waals surface area contributed by atoms with Crippen LogP contribution in [0.2, 0.25) is 0 Å². The summed E-state index contributed by atoms with van der Waals surface area (Å²) in [6, 6.07) is 8.17. The van der Waals surface area contributed by atoms with Gasteiger partial charge in [0, 0.05) is 30.4 Å². The molecule has 1 atom stereocenters. The quantitative estimate of drug-likeness (QED) is 0.842. The van der Waals surface area contributed by atoms with Crippen LogP contribution >= 0.6 is 0 Å². The van der Waals surface area contributed by atoms with Gasteiger partial charge in [-0.15, -0.1) is 0 Å². The normalized spacial score (nSPS) is 20.1. The molecule has 3 rings (SSSR count). The first-order valence-electron chi connectivity index (χ1n) is 7.67. The SMILES string of the molecule is CCC1CCCN(c2ccc(N)c3cccnc23)CC1. The Morgan fingerprint density at radius 1 is 1.25 bits per heavy atom. The third kappa shape index (κ3) is 2.45. The van der Waals surface area contributed by atoms with Crippen LogP contribution in [0.15, 0.2) is 30.5 Å². The molecule has 1 aromatic carbocycles. The summed E-state index contributed by atoms with van der Waals surface area (Å²) in [6.07, 6.45) is 7.08. The van der Waals surface area contributed by atoms with Crippen LogP contribution in [-0.2, 0) is 0 Å². The second kappa shape index (κ2) is 5.70. The minimum Gasteiger partial charge on any atom is -0.398 e. The third-order valence-electron chi connectivity index (χ3n) is 4.55. The summed E-state index contributed by atoms with van der Waals surface area (Å²) in [5, 5.41) is 1.07. The van der Waals surface area contributed by atoms with Gasteiger partial charge < -0.3 is 10.6 Å². The average Bonchev–Trinajstić information content (AvgIpc) is 2.73. The lowest BCUT2D eigenvalue weighted by molar-refractivity contribution is 0.459. The molecule has 2 N–H and O–H groups in total. The van der Waals surface area contributed by atoms with Gasteiger partial charge in [0.15, 0.2) is 0 Å². The van der Waals surface area contributed by atoms with Gasteiger partial charge in [0.1, 0.15) is 0 Å². The Morgan fingerprint density at radius 3 is 3.00 bits per heavy atom. The van der Waals surface area contributed by atoms with E-state index in [9.17, 15) is 0 Å². The largest absolute Gasteiger partial charge is 0.398 e. The average molecular weight is 269 g/mol. The number of aromatic nitrogens is 1. The smallest absolute Gasteiger partial charge is 0.0955 e. The Hall–Kier alpha value is -1.77. The molecular formula is C17H23N3. The van der Waals surface area contributed by atoms with Gasteiger partial charge in [0.25, 0.3) is 0 Å². The predicted octanol–water partition coefficient (Wildman–Crippen LogP) is 3.83. The van der Waals surface area contributed by atoms with Crippen molar-refractivity contribution < 1.29 is 0 Å². The molecule has 0 radical (unpaired) electrons. The Morgan fingerprint density at radius 2 is 2.15 bits per heavy atom. The van der Waals surface area contributed by atoms with Crippen molar-refractivity contribution in [1.29, 1.82) is 0 Å². The van der Waals surface area contributed by atoms with E-state index in [1.807, 2.05) is 18.3 Å². The van der Waals surface area contributed by atoms with Gasteiger partial charge >= 0.3 is 0 Å². The van der Waals surface area contributed by atoms with E-state index in [1.54, 1.807) is 0 Å². The lowest BCUT2D eigenvalue weighted by atomic mass is 9.98. The van der Waals surface area contributed by atoms with E-state index >= 15 is 0 Å². The minimum absolute atomic E-state index is 0.818. The van der Waals surface area contributed by atoms with Crippen molar-refractivity contribution in [3.8, 4) is 0 Å². The van der Waals surface area contributed by atoms with E-state index in [0.29, 0.717) is 0 Å². The lowest BCUT2D eigenvalue weighted by Crippen LogP contribution is -2.24. The Balaban J connectivity index is 1.96. The molecule has 1 fully saturated rings. The van der Waals surface area contributed by atoms with Gasteiger partial charge in [-0.3, -0.25) is 4.98 Å². The maximum Gasteiger partial charge on any atom is 0.0955 e. The molecule has 0 amide bonds. The van der Waals surface area contributed by atoms with Crippen LogP contribution < -0.4 is 10.6 Å². The number of fused-ring (bicyclic) bond motifs is 1. The predicted molar refractivity (Wildman–Crippen MR) is 86.0 cm³/mol. The fraction of sp³-hybridized carbons (Fsp3) is 0.471. The Labute approximate surface area is 120 Å².